The summed E-state index contributed by atoms with van der Waals surface area (Å²) in [6, 6.07) is 0.126. The molecule has 2 aromatic heterocycles. The molecule has 8 heteroatoms. The quantitative estimate of drug-likeness (QED) is 0.849. The zero-order valence-electron chi connectivity index (χ0n) is 15.2. The van der Waals surface area contributed by atoms with Crippen molar-refractivity contribution < 1.29 is 4.79 Å². The molecule has 3 saturated heterocycles. The first-order valence-corrected chi connectivity index (χ1v) is 9.09. The van der Waals surface area contributed by atoms with Crippen molar-refractivity contribution in [2.45, 2.75) is 39.3 Å². The van der Waals surface area contributed by atoms with E-state index >= 15 is 0 Å². The molecule has 0 saturated carbocycles. The Labute approximate surface area is 151 Å². The van der Waals surface area contributed by atoms with Crippen molar-refractivity contribution in [3.8, 4) is 0 Å². The summed E-state index contributed by atoms with van der Waals surface area (Å²) in [4.78, 5) is 43.7. The first-order valence-electron chi connectivity index (χ1n) is 9.09. The minimum Gasteiger partial charge on any atom is -0.348 e. The molecule has 1 amide bonds. The van der Waals surface area contributed by atoms with Crippen LogP contribution in [0.3, 0.4) is 0 Å². The highest BCUT2D eigenvalue weighted by molar-refractivity contribution is 5.93. The molecule has 2 bridgehead atoms. The number of H-pyrrole nitrogens is 2. The molecule has 3 fully saturated rings. The predicted octanol–water partition coefficient (Wildman–Crippen LogP) is 0.846. The third-order valence-electron chi connectivity index (χ3n) is 5.51. The molecule has 2 aromatic rings. The van der Waals surface area contributed by atoms with Gasteiger partial charge in [-0.25, -0.2) is 9.97 Å². The molecule has 3 aliphatic heterocycles. The molecule has 26 heavy (non-hydrogen) atoms. The Balaban J connectivity index is 1.54. The van der Waals surface area contributed by atoms with Crippen molar-refractivity contribution >= 4 is 5.91 Å². The highest BCUT2D eigenvalue weighted by Gasteiger charge is 2.38. The summed E-state index contributed by atoms with van der Waals surface area (Å²) in [6.07, 6.45) is 5.22. The summed E-state index contributed by atoms with van der Waals surface area (Å²) in [5.41, 5.74) is 1.93. The molecule has 3 aliphatic rings. The van der Waals surface area contributed by atoms with Crippen LogP contribution in [0.25, 0.3) is 0 Å². The number of aryl methyl sites for hydroxylation is 2. The molecular weight excluding hydrogens is 332 g/mol. The number of aromatic amines is 2. The van der Waals surface area contributed by atoms with Crippen LogP contribution in [0.2, 0.25) is 0 Å². The lowest BCUT2D eigenvalue weighted by molar-refractivity contribution is 0.0582. The summed E-state index contributed by atoms with van der Waals surface area (Å²) in [5.74, 6) is 0.741. The van der Waals surface area contributed by atoms with Gasteiger partial charge in [0.25, 0.3) is 11.5 Å². The van der Waals surface area contributed by atoms with Crippen LogP contribution in [0.15, 0.2) is 17.3 Å². The third kappa shape index (κ3) is 3.16. The Kier molecular flexibility index (Phi) is 4.36. The number of piperidine rings is 1. The summed E-state index contributed by atoms with van der Waals surface area (Å²) >= 11 is 0. The molecule has 0 radical (unpaired) electrons. The second-order valence-corrected chi connectivity index (χ2v) is 7.43. The maximum atomic E-state index is 13.0. The number of imidazole rings is 1. The molecular formula is C18H24N6O2. The number of carbonyl (C=O) groups is 1. The lowest BCUT2D eigenvalue weighted by Gasteiger charge is -2.36. The predicted molar refractivity (Wildman–Crippen MR) is 95.7 cm³/mol. The van der Waals surface area contributed by atoms with E-state index in [4.69, 9.17) is 0 Å². The fourth-order valence-corrected chi connectivity index (χ4v) is 4.11. The third-order valence-corrected chi connectivity index (χ3v) is 5.51. The molecule has 0 aliphatic carbocycles. The second kappa shape index (κ2) is 6.68. The minimum atomic E-state index is -0.355. The molecule has 2 N–H and O–H groups in total. The Morgan fingerprint density at radius 3 is 2.81 bits per heavy atom. The monoisotopic (exact) mass is 356 g/mol. The first kappa shape index (κ1) is 17.0. The van der Waals surface area contributed by atoms with Crippen LogP contribution in [0.1, 0.15) is 40.4 Å². The van der Waals surface area contributed by atoms with Crippen molar-refractivity contribution in [1.29, 1.82) is 0 Å². The highest BCUT2D eigenvalue weighted by atomic mass is 16.2. The topological polar surface area (TPSA) is 98.0 Å². The summed E-state index contributed by atoms with van der Waals surface area (Å²) < 4.78 is 0. The number of rotatable bonds is 3. The summed E-state index contributed by atoms with van der Waals surface area (Å²) in [5, 5.41) is 0. The molecule has 0 aromatic carbocycles. The number of fused-ring (bicyclic) bond motifs is 4. The standard InChI is InChI=1S/C18H24N6O2/c1-11-16(21-10-20-11)9-23-6-13-3-4-14(8-23)24(7-13)18(26)15-5-19-12(2)22-17(15)25/h5,10,13-14H,3-4,6-9H2,1-2H3,(H,20,21)(H,19,22,25)/t13-,14+/m1/s1. The SMILES string of the molecule is Cc1ncc(C(=O)N2C[C@@H]3CC[C@H]2CN(Cc2nc[nH]c2C)C3)c(=O)[nH]1. The van der Waals surface area contributed by atoms with Gasteiger partial charge in [0.15, 0.2) is 0 Å². The van der Waals surface area contributed by atoms with Crippen molar-refractivity contribution in [2.24, 2.45) is 5.92 Å². The normalized spacial score (nSPS) is 23.2. The maximum absolute atomic E-state index is 13.0. The van der Waals surface area contributed by atoms with Crippen LogP contribution in [-0.2, 0) is 6.54 Å². The van der Waals surface area contributed by atoms with Gasteiger partial charge in [0.1, 0.15) is 11.4 Å². The minimum absolute atomic E-state index is 0.126. The van der Waals surface area contributed by atoms with E-state index in [0.29, 0.717) is 18.3 Å². The smallest absolute Gasteiger partial charge is 0.263 e. The number of hydrogen-bond donors (Lipinski definition) is 2. The van der Waals surface area contributed by atoms with E-state index in [2.05, 4.69) is 24.8 Å². The van der Waals surface area contributed by atoms with Crippen LogP contribution in [-0.4, -0.2) is 61.3 Å². The van der Waals surface area contributed by atoms with Crippen LogP contribution in [0, 0.1) is 19.8 Å². The number of nitrogens with zero attached hydrogens (tertiary/aromatic N) is 4. The van der Waals surface area contributed by atoms with Gasteiger partial charge in [0.2, 0.25) is 0 Å². The number of aromatic nitrogens is 4. The van der Waals surface area contributed by atoms with E-state index in [0.717, 1.165) is 43.9 Å². The number of carbonyl (C=O) groups excluding carboxylic acids is 1. The van der Waals surface area contributed by atoms with Gasteiger partial charge in [-0.1, -0.05) is 0 Å². The molecule has 0 unspecified atom stereocenters. The lowest BCUT2D eigenvalue weighted by atomic mass is 9.94. The van der Waals surface area contributed by atoms with Crippen molar-refractivity contribution in [1.82, 2.24) is 29.7 Å². The van der Waals surface area contributed by atoms with E-state index in [1.54, 1.807) is 13.3 Å². The largest absolute Gasteiger partial charge is 0.348 e. The summed E-state index contributed by atoms with van der Waals surface area (Å²) in [6.45, 7) is 6.99. The Morgan fingerprint density at radius 2 is 2.08 bits per heavy atom. The van der Waals surface area contributed by atoms with Gasteiger partial charge in [0, 0.05) is 44.1 Å². The Hall–Kier alpha value is -2.48. The van der Waals surface area contributed by atoms with Crippen molar-refractivity contribution in [2.75, 3.05) is 19.6 Å². The van der Waals surface area contributed by atoms with Crippen LogP contribution >= 0.6 is 0 Å². The van der Waals surface area contributed by atoms with Crippen molar-refractivity contribution in [3.05, 3.63) is 45.7 Å². The van der Waals surface area contributed by atoms with E-state index in [1.807, 2.05) is 11.8 Å². The Bertz CT molecular complexity index is 873. The molecule has 8 nitrogen and oxygen atoms in total. The van der Waals surface area contributed by atoms with Crippen LogP contribution < -0.4 is 5.56 Å². The van der Waals surface area contributed by atoms with E-state index in [9.17, 15) is 9.59 Å². The number of hydrogen-bond acceptors (Lipinski definition) is 5. The zero-order chi connectivity index (χ0) is 18.3. The van der Waals surface area contributed by atoms with Crippen molar-refractivity contribution in [3.63, 3.8) is 0 Å². The molecule has 5 rings (SSSR count). The summed E-state index contributed by atoms with van der Waals surface area (Å²) in [7, 11) is 0. The van der Waals surface area contributed by atoms with Gasteiger partial charge in [-0.2, -0.15) is 0 Å². The fourth-order valence-electron chi connectivity index (χ4n) is 4.11. The number of nitrogens with one attached hydrogen (secondary N) is 2. The second-order valence-electron chi connectivity index (χ2n) is 7.43. The van der Waals surface area contributed by atoms with Crippen LogP contribution in [0.5, 0.6) is 0 Å². The van der Waals surface area contributed by atoms with Gasteiger partial charge in [-0.15, -0.1) is 0 Å². The molecule has 0 spiro atoms. The number of amides is 1. The maximum Gasteiger partial charge on any atom is 0.263 e. The van der Waals surface area contributed by atoms with E-state index < -0.39 is 0 Å². The van der Waals surface area contributed by atoms with Crippen LogP contribution in [0.4, 0.5) is 0 Å². The lowest BCUT2D eigenvalue weighted by Crippen LogP contribution is -2.48. The average Bonchev–Trinajstić information content (AvgIpc) is 2.81. The van der Waals surface area contributed by atoms with Gasteiger partial charge in [-0.05, 0) is 32.6 Å². The van der Waals surface area contributed by atoms with Gasteiger partial charge < -0.3 is 14.9 Å². The Morgan fingerprint density at radius 1 is 1.23 bits per heavy atom. The molecule has 2 atom stereocenters. The zero-order valence-corrected chi connectivity index (χ0v) is 15.2. The molecule has 138 valence electrons. The van der Waals surface area contributed by atoms with Gasteiger partial charge >= 0.3 is 0 Å². The highest BCUT2D eigenvalue weighted by Crippen LogP contribution is 2.29. The average molecular weight is 356 g/mol. The van der Waals surface area contributed by atoms with E-state index in [-0.39, 0.29) is 23.1 Å². The van der Waals surface area contributed by atoms with E-state index in [1.165, 1.54) is 6.20 Å². The fraction of sp³-hybridized carbons (Fsp3) is 0.556. The van der Waals surface area contributed by atoms with Gasteiger partial charge in [0.05, 0.1) is 12.0 Å². The van der Waals surface area contributed by atoms with Gasteiger partial charge in [-0.3, -0.25) is 14.5 Å². The first-order chi connectivity index (χ1) is 12.5. The molecule has 5 heterocycles.